The Morgan fingerprint density at radius 1 is 0.810 bits per heavy atom. The van der Waals surface area contributed by atoms with Crippen LogP contribution in [0, 0.1) is 0 Å². The van der Waals surface area contributed by atoms with Gasteiger partial charge >= 0.3 is 0 Å². The number of nitrogens with one attached hydrogen (secondary N) is 1. The van der Waals surface area contributed by atoms with E-state index in [0.29, 0.717) is 13.2 Å². The number of ether oxygens (including phenoxy) is 2. The van der Waals surface area contributed by atoms with Crippen molar-refractivity contribution in [1.29, 1.82) is 0 Å². The summed E-state index contributed by atoms with van der Waals surface area (Å²) in [5.74, 6) is 0. The first-order valence-electron chi connectivity index (χ1n) is 8.87. The standard InChI is InChI=1S/C18H39NO2/c1-6-8-10-11-12-14-18(3,13-9-7-2)19-17(15-20-4)16-21-5/h17,19H,6-16H2,1-5H3. The van der Waals surface area contributed by atoms with E-state index in [9.17, 15) is 0 Å². The fraction of sp³-hybridized carbons (Fsp3) is 1.00. The Morgan fingerprint density at radius 3 is 1.86 bits per heavy atom. The highest BCUT2D eigenvalue weighted by Gasteiger charge is 2.26. The van der Waals surface area contributed by atoms with E-state index < -0.39 is 0 Å². The van der Waals surface area contributed by atoms with Gasteiger partial charge in [-0.05, 0) is 19.8 Å². The summed E-state index contributed by atoms with van der Waals surface area (Å²) in [6, 6.07) is 0.289. The average Bonchev–Trinajstić information content (AvgIpc) is 2.46. The molecule has 0 aromatic rings. The molecule has 0 aromatic carbocycles. The second kappa shape index (κ2) is 13.5. The van der Waals surface area contributed by atoms with Crippen LogP contribution in [0.1, 0.15) is 78.6 Å². The molecule has 1 unspecified atom stereocenters. The van der Waals surface area contributed by atoms with Gasteiger partial charge in [-0.2, -0.15) is 0 Å². The predicted molar refractivity (Wildman–Crippen MR) is 92.0 cm³/mol. The van der Waals surface area contributed by atoms with Gasteiger partial charge in [0, 0.05) is 19.8 Å². The molecule has 0 radical (unpaired) electrons. The maximum atomic E-state index is 5.32. The van der Waals surface area contributed by atoms with E-state index in [2.05, 4.69) is 26.1 Å². The van der Waals surface area contributed by atoms with Gasteiger partial charge in [0.05, 0.1) is 19.3 Å². The molecular weight excluding hydrogens is 262 g/mol. The van der Waals surface area contributed by atoms with Crippen LogP contribution < -0.4 is 5.32 Å². The maximum Gasteiger partial charge on any atom is 0.0638 e. The molecule has 1 N–H and O–H groups in total. The molecule has 0 heterocycles. The second-order valence-electron chi connectivity index (χ2n) is 6.58. The Hall–Kier alpha value is -0.120. The minimum atomic E-state index is 0.212. The first kappa shape index (κ1) is 20.9. The third-order valence-corrected chi connectivity index (χ3v) is 4.20. The first-order valence-corrected chi connectivity index (χ1v) is 8.87. The van der Waals surface area contributed by atoms with Crippen LogP contribution in [-0.4, -0.2) is 39.0 Å². The molecule has 0 saturated carbocycles. The Balaban J connectivity index is 4.34. The topological polar surface area (TPSA) is 30.5 Å². The van der Waals surface area contributed by atoms with E-state index in [4.69, 9.17) is 9.47 Å². The molecule has 21 heavy (non-hydrogen) atoms. The van der Waals surface area contributed by atoms with Crippen molar-refractivity contribution in [3.05, 3.63) is 0 Å². The van der Waals surface area contributed by atoms with E-state index in [-0.39, 0.29) is 11.6 Å². The predicted octanol–water partition coefficient (Wildman–Crippen LogP) is 4.55. The van der Waals surface area contributed by atoms with E-state index >= 15 is 0 Å². The Bertz CT molecular complexity index is 217. The smallest absolute Gasteiger partial charge is 0.0638 e. The van der Waals surface area contributed by atoms with Gasteiger partial charge in [0.15, 0.2) is 0 Å². The van der Waals surface area contributed by atoms with Gasteiger partial charge in [-0.3, -0.25) is 0 Å². The summed E-state index contributed by atoms with van der Waals surface area (Å²) in [5, 5.41) is 3.81. The molecule has 0 bridgehead atoms. The molecule has 0 saturated heterocycles. The summed E-state index contributed by atoms with van der Waals surface area (Å²) < 4.78 is 10.6. The molecule has 3 heteroatoms. The van der Waals surface area contributed by atoms with Gasteiger partial charge in [0.2, 0.25) is 0 Å². The Morgan fingerprint density at radius 2 is 1.33 bits per heavy atom. The minimum Gasteiger partial charge on any atom is -0.383 e. The van der Waals surface area contributed by atoms with Crippen LogP contribution >= 0.6 is 0 Å². The molecule has 1 atom stereocenters. The zero-order valence-corrected chi connectivity index (χ0v) is 15.2. The fourth-order valence-corrected chi connectivity index (χ4v) is 2.98. The van der Waals surface area contributed by atoms with Crippen LogP contribution in [0.2, 0.25) is 0 Å². The van der Waals surface area contributed by atoms with Crippen LogP contribution in [0.25, 0.3) is 0 Å². The molecule has 0 amide bonds. The van der Waals surface area contributed by atoms with Crippen molar-refractivity contribution in [3.8, 4) is 0 Å². The van der Waals surface area contributed by atoms with E-state index in [1.807, 2.05) is 0 Å². The lowest BCUT2D eigenvalue weighted by atomic mass is 9.87. The van der Waals surface area contributed by atoms with Crippen molar-refractivity contribution in [2.75, 3.05) is 27.4 Å². The van der Waals surface area contributed by atoms with Gasteiger partial charge in [0.25, 0.3) is 0 Å². The third kappa shape index (κ3) is 11.1. The normalized spacial score (nSPS) is 14.6. The van der Waals surface area contributed by atoms with Crippen molar-refractivity contribution in [3.63, 3.8) is 0 Å². The summed E-state index contributed by atoms with van der Waals surface area (Å²) in [6.07, 6.45) is 11.8. The van der Waals surface area contributed by atoms with Crippen molar-refractivity contribution in [2.45, 2.75) is 90.1 Å². The van der Waals surface area contributed by atoms with Crippen molar-refractivity contribution in [1.82, 2.24) is 5.32 Å². The quantitative estimate of drug-likeness (QED) is 0.450. The lowest BCUT2D eigenvalue weighted by Crippen LogP contribution is -2.51. The lowest BCUT2D eigenvalue weighted by Gasteiger charge is -2.35. The van der Waals surface area contributed by atoms with Gasteiger partial charge in [-0.1, -0.05) is 58.8 Å². The molecule has 0 spiro atoms. The monoisotopic (exact) mass is 301 g/mol. The van der Waals surface area contributed by atoms with Crippen LogP contribution in [0.15, 0.2) is 0 Å². The van der Waals surface area contributed by atoms with Crippen LogP contribution in [0.4, 0.5) is 0 Å². The summed E-state index contributed by atoms with van der Waals surface area (Å²) in [7, 11) is 3.52. The number of hydrogen-bond acceptors (Lipinski definition) is 3. The maximum absolute atomic E-state index is 5.32. The summed E-state index contributed by atoms with van der Waals surface area (Å²) in [4.78, 5) is 0. The Kier molecular flexibility index (Phi) is 13.5. The zero-order valence-electron chi connectivity index (χ0n) is 15.2. The van der Waals surface area contributed by atoms with Crippen LogP contribution in [0.3, 0.4) is 0 Å². The fourth-order valence-electron chi connectivity index (χ4n) is 2.98. The lowest BCUT2D eigenvalue weighted by molar-refractivity contribution is 0.0822. The van der Waals surface area contributed by atoms with Gasteiger partial charge < -0.3 is 14.8 Å². The molecule has 3 nitrogen and oxygen atoms in total. The summed E-state index contributed by atoms with van der Waals surface area (Å²) >= 11 is 0. The van der Waals surface area contributed by atoms with E-state index in [1.54, 1.807) is 14.2 Å². The molecule has 0 aliphatic heterocycles. The molecule has 0 aromatic heterocycles. The van der Waals surface area contributed by atoms with Crippen LogP contribution in [-0.2, 0) is 9.47 Å². The summed E-state index contributed by atoms with van der Waals surface area (Å²) in [6.45, 7) is 8.34. The van der Waals surface area contributed by atoms with Crippen molar-refractivity contribution >= 4 is 0 Å². The highest BCUT2D eigenvalue weighted by molar-refractivity contribution is 4.86. The van der Waals surface area contributed by atoms with Gasteiger partial charge in [0.1, 0.15) is 0 Å². The Labute approximate surface area is 133 Å². The first-order chi connectivity index (χ1) is 10.1. The number of unbranched alkanes of at least 4 members (excludes halogenated alkanes) is 5. The van der Waals surface area contributed by atoms with Crippen molar-refractivity contribution < 1.29 is 9.47 Å². The molecule has 128 valence electrons. The minimum absolute atomic E-state index is 0.212. The molecule has 0 aliphatic rings. The molecule has 0 aliphatic carbocycles. The SMILES string of the molecule is CCCCCCCC(C)(CCCC)NC(COC)COC. The number of rotatable bonds is 15. The summed E-state index contributed by atoms with van der Waals surface area (Å²) in [5.41, 5.74) is 0.212. The molecule has 0 rings (SSSR count). The van der Waals surface area contributed by atoms with Crippen molar-refractivity contribution in [2.24, 2.45) is 0 Å². The third-order valence-electron chi connectivity index (χ3n) is 4.20. The van der Waals surface area contributed by atoms with Gasteiger partial charge in [-0.15, -0.1) is 0 Å². The average molecular weight is 302 g/mol. The second-order valence-corrected chi connectivity index (χ2v) is 6.58. The van der Waals surface area contributed by atoms with Gasteiger partial charge in [-0.25, -0.2) is 0 Å². The zero-order chi connectivity index (χ0) is 16.0. The van der Waals surface area contributed by atoms with E-state index in [1.165, 1.54) is 57.8 Å². The highest BCUT2D eigenvalue weighted by atomic mass is 16.5. The van der Waals surface area contributed by atoms with E-state index in [0.717, 1.165) is 0 Å². The largest absolute Gasteiger partial charge is 0.383 e. The number of hydrogen-bond donors (Lipinski definition) is 1. The number of methoxy groups -OCH3 is 2. The van der Waals surface area contributed by atoms with Crippen LogP contribution in [0.5, 0.6) is 0 Å². The molecule has 0 fully saturated rings. The molecular formula is C18H39NO2. The highest BCUT2D eigenvalue weighted by Crippen LogP contribution is 2.23.